The lowest BCUT2D eigenvalue weighted by atomic mass is 10.2. The van der Waals surface area contributed by atoms with Gasteiger partial charge in [0.1, 0.15) is 9.48 Å². The zero-order valence-electron chi connectivity index (χ0n) is 10.6. The van der Waals surface area contributed by atoms with Crippen molar-refractivity contribution in [2.45, 2.75) is 6.92 Å². The molecule has 1 aromatic heterocycles. The molecule has 1 N–H and O–H groups in total. The van der Waals surface area contributed by atoms with Crippen molar-refractivity contribution < 1.29 is 14.3 Å². The van der Waals surface area contributed by atoms with Gasteiger partial charge in [0.25, 0.3) is 5.91 Å². The fourth-order valence-corrected chi connectivity index (χ4v) is 2.78. The number of amides is 1. The van der Waals surface area contributed by atoms with Crippen LogP contribution in [0.25, 0.3) is 0 Å². The predicted molar refractivity (Wildman–Crippen MR) is 80.2 cm³/mol. The van der Waals surface area contributed by atoms with E-state index in [4.69, 9.17) is 4.74 Å². The average molecular weight is 355 g/mol. The molecule has 20 heavy (non-hydrogen) atoms. The molecule has 0 fully saturated rings. The van der Waals surface area contributed by atoms with Crippen molar-refractivity contribution in [1.82, 2.24) is 4.98 Å². The molecule has 5 nitrogen and oxygen atoms in total. The lowest BCUT2D eigenvalue weighted by Crippen LogP contribution is -2.12. The number of hydrogen-bond donors (Lipinski definition) is 1. The highest BCUT2D eigenvalue weighted by atomic mass is 79.9. The van der Waals surface area contributed by atoms with Crippen LogP contribution in [0, 0.1) is 0 Å². The molecule has 2 aromatic rings. The molecule has 0 atom stereocenters. The number of nitrogens with zero attached hydrogens (tertiary/aromatic N) is 1. The first-order valence-electron chi connectivity index (χ1n) is 5.79. The highest BCUT2D eigenvalue weighted by Crippen LogP contribution is 2.21. The quantitative estimate of drug-likeness (QED) is 0.855. The molecule has 7 heteroatoms. The summed E-state index contributed by atoms with van der Waals surface area (Å²) in [6.07, 6.45) is 0. The van der Waals surface area contributed by atoms with Crippen LogP contribution in [-0.2, 0) is 4.74 Å². The van der Waals surface area contributed by atoms with E-state index in [0.717, 1.165) is 0 Å². The summed E-state index contributed by atoms with van der Waals surface area (Å²) in [5, 5.41) is 2.72. The highest BCUT2D eigenvalue weighted by molar-refractivity contribution is 9.10. The maximum atomic E-state index is 12.0. The van der Waals surface area contributed by atoms with Crippen LogP contribution in [0.3, 0.4) is 0 Å². The van der Waals surface area contributed by atoms with Gasteiger partial charge in [0.15, 0.2) is 0 Å². The average Bonchev–Trinajstić information content (AvgIpc) is 2.85. The highest BCUT2D eigenvalue weighted by Gasteiger charge is 2.14. The number of aromatic nitrogens is 1. The standard InChI is InChI=1S/C13H11BrN2O3S/c1-2-19-13(18)8-4-3-5-9(6-8)16-12(17)10-11(14)15-7-20-10/h3-7H,2H2,1H3,(H,16,17). The first kappa shape index (κ1) is 14.7. The third kappa shape index (κ3) is 3.43. The van der Waals surface area contributed by atoms with E-state index in [-0.39, 0.29) is 5.91 Å². The normalized spacial score (nSPS) is 10.1. The van der Waals surface area contributed by atoms with E-state index in [0.29, 0.717) is 27.3 Å². The summed E-state index contributed by atoms with van der Waals surface area (Å²) in [7, 11) is 0. The molecule has 0 saturated carbocycles. The van der Waals surface area contributed by atoms with E-state index in [9.17, 15) is 9.59 Å². The number of thiazole rings is 1. The Morgan fingerprint density at radius 2 is 2.25 bits per heavy atom. The van der Waals surface area contributed by atoms with Crippen LogP contribution in [0.2, 0.25) is 0 Å². The van der Waals surface area contributed by atoms with Gasteiger partial charge in [-0.05, 0) is 41.1 Å². The Bertz CT molecular complexity index is 642. The minimum Gasteiger partial charge on any atom is -0.462 e. The third-order valence-electron chi connectivity index (χ3n) is 2.36. The Hall–Kier alpha value is -1.73. The van der Waals surface area contributed by atoms with Crippen molar-refractivity contribution in [2.24, 2.45) is 0 Å². The number of hydrogen-bond acceptors (Lipinski definition) is 5. The second kappa shape index (κ2) is 6.62. The zero-order valence-corrected chi connectivity index (χ0v) is 13.0. The van der Waals surface area contributed by atoms with Gasteiger partial charge in [0.2, 0.25) is 0 Å². The zero-order chi connectivity index (χ0) is 14.5. The minimum atomic E-state index is -0.414. The number of esters is 1. The Kier molecular flexibility index (Phi) is 4.86. The van der Waals surface area contributed by atoms with E-state index in [1.54, 1.807) is 36.7 Å². The number of ether oxygens (including phenoxy) is 1. The molecule has 1 heterocycles. The SMILES string of the molecule is CCOC(=O)c1cccc(NC(=O)c2scnc2Br)c1. The van der Waals surface area contributed by atoms with Crippen LogP contribution in [0.4, 0.5) is 5.69 Å². The smallest absolute Gasteiger partial charge is 0.338 e. The molecule has 0 bridgehead atoms. The molecular formula is C13H11BrN2O3S. The van der Waals surface area contributed by atoms with Gasteiger partial charge in [0, 0.05) is 5.69 Å². The number of carbonyl (C=O) groups is 2. The van der Waals surface area contributed by atoms with Crippen LogP contribution in [0.5, 0.6) is 0 Å². The molecule has 0 aliphatic rings. The van der Waals surface area contributed by atoms with Crippen molar-refractivity contribution in [3.05, 3.63) is 44.8 Å². The van der Waals surface area contributed by atoms with E-state index < -0.39 is 5.97 Å². The summed E-state index contributed by atoms with van der Waals surface area (Å²) in [4.78, 5) is 28.1. The molecule has 0 spiro atoms. The molecule has 0 aliphatic carbocycles. The molecule has 0 aliphatic heterocycles. The van der Waals surface area contributed by atoms with Gasteiger partial charge < -0.3 is 10.1 Å². The number of carbonyl (C=O) groups excluding carboxylic acids is 2. The lowest BCUT2D eigenvalue weighted by molar-refractivity contribution is 0.0526. The maximum absolute atomic E-state index is 12.0. The minimum absolute atomic E-state index is 0.277. The van der Waals surface area contributed by atoms with Crippen LogP contribution >= 0.6 is 27.3 Å². The molecule has 0 unspecified atom stereocenters. The van der Waals surface area contributed by atoms with Crippen molar-refractivity contribution in [2.75, 3.05) is 11.9 Å². The van der Waals surface area contributed by atoms with Crippen LogP contribution in [0.1, 0.15) is 27.0 Å². The number of benzene rings is 1. The Labute approximate surface area is 128 Å². The summed E-state index contributed by atoms with van der Waals surface area (Å²) in [6, 6.07) is 6.60. The molecule has 0 radical (unpaired) electrons. The van der Waals surface area contributed by atoms with Crippen LogP contribution in [-0.4, -0.2) is 23.5 Å². The fraction of sp³-hybridized carbons (Fsp3) is 0.154. The molecule has 1 aromatic carbocycles. The largest absolute Gasteiger partial charge is 0.462 e. The summed E-state index contributed by atoms with van der Waals surface area (Å²) in [5.41, 5.74) is 2.50. The van der Waals surface area contributed by atoms with Crippen molar-refractivity contribution >= 4 is 44.8 Å². The summed E-state index contributed by atoms with van der Waals surface area (Å²) >= 11 is 4.44. The Morgan fingerprint density at radius 3 is 2.90 bits per heavy atom. The van der Waals surface area contributed by atoms with Crippen LogP contribution in [0.15, 0.2) is 34.4 Å². The van der Waals surface area contributed by atoms with E-state index in [1.165, 1.54) is 11.3 Å². The van der Waals surface area contributed by atoms with E-state index in [1.807, 2.05) is 0 Å². The Balaban J connectivity index is 2.14. The second-order valence-electron chi connectivity index (χ2n) is 3.73. The molecule has 1 amide bonds. The first-order valence-corrected chi connectivity index (χ1v) is 7.46. The number of nitrogens with one attached hydrogen (secondary N) is 1. The monoisotopic (exact) mass is 354 g/mol. The topological polar surface area (TPSA) is 68.3 Å². The summed E-state index contributed by atoms with van der Waals surface area (Å²) in [6.45, 7) is 2.05. The van der Waals surface area contributed by atoms with Crippen molar-refractivity contribution in [1.29, 1.82) is 0 Å². The van der Waals surface area contributed by atoms with Gasteiger partial charge in [-0.2, -0.15) is 0 Å². The number of anilines is 1. The lowest BCUT2D eigenvalue weighted by Gasteiger charge is -2.06. The molecule has 2 rings (SSSR count). The summed E-state index contributed by atoms with van der Waals surface area (Å²) in [5.74, 6) is -0.692. The molecule has 0 saturated heterocycles. The summed E-state index contributed by atoms with van der Waals surface area (Å²) < 4.78 is 5.41. The Morgan fingerprint density at radius 1 is 1.45 bits per heavy atom. The molecular weight excluding hydrogens is 344 g/mol. The van der Waals surface area contributed by atoms with Gasteiger partial charge in [0.05, 0.1) is 17.7 Å². The van der Waals surface area contributed by atoms with E-state index in [2.05, 4.69) is 26.2 Å². The van der Waals surface area contributed by atoms with E-state index >= 15 is 0 Å². The van der Waals surface area contributed by atoms with Crippen LogP contribution < -0.4 is 5.32 Å². The van der Waals surface area contributed by atoms with Gasteiger partial charge in [-0.3, -0.25) is 4.79 Å². The van der Waals surface area contributed by atoms with Crippen molar-refractivity contribution in [3.8, 4) is 0 Å². The number of rotatable bonds is 4. The third-order valence-corrected chi connectivity index (χ3v) is 4.05. The van der Waals surface area contributed by atoms with Crippen molar-refractivity contribution in [3.63, 3.8) is 0 Å². The van der Waals surface area contributed by atoms with Gasteiger partial charge in [-0.1, -0.05) is 6.07 Å². The predicted octanol–water partition coefficient (Wildman–Crippen LogP) is 3.33. The maximum Gasteiger partial charge on any atom is 0.338 e. The first-order chi connectivity index (χ1) is 9.61. The van der Waals surface area contributed by atoms with Gasteiger partial charge >= 0.3 is 5.97 Å². The molecule has 104 valence electrons. The fourth-order valence-electron chi connectivity index (χ4n) is 1.51. The second-order valence-corrected chi connectivity index (χ2v) is 5.33. The van der Waals surface area contributed by atoms with Gasteiger partial charge in [-0.15, -0.1) is 11.3 Å². The van der Waals surface area contributed by atoms with Gasteiger partial charge in [-0.25, -0.2) is 9.78 Å². The number of halogens is 1.